The highest BCUT2D eigenvalue weighted by molar-refractivity contribution is 7.15. The molecule has 0 fully saturated rings. The van der Waals surface area contributed by atoms with Crippen LogP contribution in [0.3, 0.4) is 0 Å². The van der Waals surface area contributed by atoms with E-state index in [-0.39, 0.29) is 11.9 Å². The molecule has 122 valence electrons. The number of fused-ring (bicyclic) bond motifs is 1. The van der Waals surface area contributed by atoms with Crippen molar-refractivity contribution in [3.05, 3.63) is 40.4 Å². The van der Waals surface area contributed by atoms with Gasteiger partial charge < -0.3 is 11.1 Å². The number of carbonyl (C=O) groups is 1. The van der Waals surface area contributed by atoms with Crippen LogP contribution in [-0.4, -0.2) is 34.1 Å². The van der Waals surface area contributed by atoms with Crippen LogP contribution in [0.2, 0.25) is 0 Å². The van der Waals surface area contributed by atoms with Crippen molar-refractivity contribution < 1.29 is 4.79 Å². The molecule has 0 saturated carbocycles. The summed E-state index contributed by atoms with van der Waals surface area (Å²) in [7, 11) is 1.98. The Bertz CT molecular complexity index is 727. The van der Waals surface area contributed by atoms with Crippen LogP contribution in [0.5, 0.6) is 0 Å². The number of anilines is 1. The number of nitrogen functional groups attached to an aromatic ring is 1. The molecule has 1 amide bonds. The Hall–Kier alpha value is -1.99. The molecule has 0 spiro atoms. The second kappa shape index (κ2) is 5.90. The van der Waals surface area contributed by atoms with Crippen LogP contribution in [0.25, 0.3) is 0 Å². The van der Waals surface area contributed by atoms with E-state index in [2.05, 4.69) is 32.5 Å². The summed E-state index contributed by atoms with van der Waals surface area (Å²) in [6.45, 7) is 4.61. The molecule has 2 aromatic rings. The van der Waals surface area contributed by atoms with Crippen molar-refractivity contribution in [3.8, 4) is 0 Å². The number of hydrogen-bond acceptors (Lipinski definition) is 6. The molecule has 1 aromatic carbocycles. The van der Waals surface area contributed by atoms with Crippen LogP contribution < -0.4 is 11.1 Å². The third-order valence-corrected chi connectivity index (χ3v) is 5.27. The van der Waals surface area contributed by atoms with Gasteiger partial charge in [0.2, 0.25) is 11.0 Å². The zero-order chi connectivity index (χ0) is 16.6. The lowest BCUT2D eigenvalue weighted by Gasteiger charge is -2.35. The average Bonchev–Trinajstić information content (AvgIpc) is 2.93. The molecule has 1 aromatic heterocycles. The van der Waals surface area contributed by atoms with E-state index >= 15 is 0 Å². The Morgan fingerprint density at radius 2 is 2.04 bits per heavy atom. The fraction of sp³-hybridized carbons (Fsp3) is 0.438. The van der Waals surface area contributed by atoms with Gasteiger partial charge in [-0.05, 0) is 38.4 Å². The lowest BCUT2D eigenvalue weighted by molar-refractivity contribution is -0.128. The zero-order valence-electron chi connectivity index (χ0n) is 13.5. The summed E-state index contributed by atoms with van der Waals surface area (Å²) < 4.78 is 0. The molecule has 6 nitrogen and oxygen atoms in total. The Morgan fingerprint density at radius 1 is 1.35 bits per heavy atom. The number of aromatic nitrogens is 2. The van der Waals surface area contributed by atoms with Crippen molar-refractivity contribution in [2.24, 2.45) is 0 Å². The zero-order valence-corrected chi connectivity index (χ0v) is 14.4. The Kier molecular flexibility index (Phi) is 4.08. The normalized spacial score (nSPS) is 18.5. The van der Waals surface area contributed by atoms with Crippen LogP contribution >= 0.6 is 11.3 Å². The lowest BCUT2D eigenvalue weighted by atomic mass is 9.93. The predicted octanol–water partition coefficient (Wildman–Crippen LogP) is 1.53. The number of nitrogens with one attached hydrogen (secondary N) is 1. The van der Waals surface area contributed by atoms with Gasteiger partial charge in [-0.25, -0.2) is 0 Å². The van der Waals surface area contributed by atoms with Crippen molar-refractivity contribution in [2.45, 2.75) is 38.4 Å². The summed E-state index contributed by atoms with van der Waals surface area (Å²) in [5.74, 6) is 0.000717. The fourth-order valence-corrected chi connectivity index (χ4v) is 3.55. The van der Waals surface area contributed by atoms with Gasteiger partial charge in [-0.2, -0.15) is 0 Å². The summed E-state index contributed by atoms with van der Waals surface area (Å²) >= 11 is 1.30. The quantitative estimate of drug-likeness (QED) is 0.891. The standard InChI is InChI=1S/C16H21N5OS/c1-16(2,14-19-20-15(17)23-14)18-13(22)12-8-10-6-4-5-7-11(10)9-21(12)3/h4-7,12H,8-9H2,1-3H3,(H2,17,20)(H,18,22)/t12-/m1/s1. The van der Waals surface area contributed by atoms with E-state index in [9.17, 15) is 4.79 Å². The monoisotopic (exact) mass is 331 g/mol. The number of likely N-dealkylation sites (N-methyl/N-ethyl adjacent to an activating group) is 1. The summed E-state index contributed by atoms with van der Waals surface area (Å²) in [6.07, 6.45) is 0.715. The fourth-order valence-electron chi connectivity index (χ4n) is 2.88. The first-order valence-electron chi connectivity index (χ1n) is 7.55. The van der Waals surface area contributed by atoms with E-state index in [1.165, 1.54) is 22.5 Å². The van der Waals surface area contributed by atoms with E-state index in [1.807, 2.05) is 33.0 Å². The third-order valence-electron chi connectivity index (χ3n) is 4.20. The Balaban J connectivity index is 1.76. The second-order valence-corrected chi connectivity index (χ2v) is 7.47. The number of benzene rings is 1. The second-order valence-electron chi connectivity index (χ2n) is 6.46. The molecule has 0 unspecified atom stereocenters. The van der Waals surface area contributed by atoms with Gasteiger partial charge in [-0.15, -0.1) is 10.2 Å². The van der Waals surface area contributed by atoms with Gasteiger partial charge in [0.1, 0.15) is 5.01 Å². The number of hydrogen-bond donors (Lipinski definition) is 2. The third kappa shape index (κ3) is 3.20. The van der Waals surface area contributed by atoms with Gasteiger partial charge >= 0.3 is 0 Å². The smallest absolute Gasteiger partial charge is 0.238 e. The van der Waals surface area contributed by atoms with E-state index < -0.39 is 5.54 Å². The number of amides is 1. The van der Waals surface area contributed by atoms with Gasteiger partial charge in [0.15, 0.2) is 0 Å². The molecule has 1 aliphatic heterocycles. The maximum Gasteiger partial charge on any atom is 0.238 e. The number of nitrogens with two attached hydrogens (primary N) is 1. The van der Waals surface area contributed by atoms with Crippen LogP contribution in [0.1, 0.15) is 30.0 Å². The average molecular weight is 331 g/mol. The first-order chi connectivity index (χ1) is 10.9. The maximum atomic E-state index is 12.8. The summed E-state index contributed by atoms with van der Waals surface area (Å²) in [5.41, 5.74) is 7.58. The molecule has 23 heavy (non-hydrogen) atoms. The molecule has 0 saturated heterocycles. The summed E-state index contributed by atoms with van der Waals surface area (Å²) in [6, 6.07) is 8.09. The van der Waals surface area contributed by atoms with Crippen LogP contribution in [0.15, 0.2) is 24.3 Å². The molecule has 3 rings (SSSR count). The van der Waals surface area contributed by atoms with Gasteiger partial charge in [0, 0.05) is 6.54 Å². The van der Waals surface area contributed by atoms with Gasteiger partial charge in [0.25, 0.3) is 0 Å². The minimum Gasteiger partial charge on any atom is -0.374 e. The highest BCUT2D eigenvalue weighted by atomic mass is 32.1. The van der Waals surface area contributed by atoms with E-state index in [4.69, 9.17) is 5.73 Å². The number of nitrogens with zero attached hydrogens (tertiary/aromatic N) is 3. The van der Waals surface area contributed by atoms with Gasteiger partial charge in [-0.1, -0.05) is 35.6 Å². The minimum absolute atomic E-state index is 0.000717. The molecule has 2 heterocycles. The van der Waals surface area contributed by atoms with Crippen molar-refractivity contribution >= 4 is 22.4 Å². The van der Waals surface area contributed by atoms with Crippen molar-refractivity contribution in [1.29, 1.82) is 0 Å². The Labute approximate surface area is 139 Å². The molecule has 3 N–H and O–H groups in total. The summed E-state index contributed by atoms with van der Waals surface area (Å²) in [4.78, 5) is 14.9. The maximum absolute atomic E-state index is 12.8. The number of carbonyl (C=O) groups excluding carboxylic acids is 1. The molecule has 0 radical (unpaired) electrons. The van der Waals surface area contributed by atoms with Crippen LogP contribution in [0, 0.1) is 0 Å². The minimum atomic E-state index is -0.593. The molecular weight excluding hydrogens is 310 g/mol. The first-order valence-corrected chi connectivity index (χ1v) is 8.37. The highest BCUT2D eigenvalue weighted by Crippen LogP contribution is 2.27. The number of rotatable bonds is 3. The molecule has 7 heteroatoms. The topological polar surface area (TPSA) is 84.1 Å². The Morgan fingerprint density at radius 3 is 2.70 bits per heavy atom. The molecular formula is C16H21N5OS. The molecule has 0 aliphatic carbocycles. The van der Waals surface area contributed by atoms with Crippen molar-refractivity contribution in [1.82, 2.24) is 20.4 Å². The van der Waals surface area contributed by atoms with Crippen molar-refractivity contribution in [3.63, 3.8) is 0 Å². The van der Waals surface area contributed by atoms with Gasteiger partial charge in [-0.3, -0.25) is 9.69 Å². The van der Waals surface area contributed by atoms with Crippen LogP contribution in [-0.2, 0) is 23.3 Å². The molecule has 0 bridgehead atoms. The van der Waals surface area contributed by atoms with E-state index in [1.54, 1.807) is 0 Å². The molecule has 1 aliphatic rings. The van der Waals surface area contributed by atoms with E-state index in [0.717, 1.165) is 6.54 Å². The summed E-state index contributed by atoms with van der Waals surface area (Å²) in [5, 5.41) is 12.1. The first kappa shape index (κ1) is 15.9. The predicted molar refractivity (Wildman–Crippen MR) is 90.9 cm³/mol. The van der Waals surface area contributed by atoms with Crippen molar-refractivity contribution in [2.75, 3.05) is 12.8 Å². The lowest BCUT2D eigenvalue weighted by Crippen LogP contribution is -2.53. The van der Waals surface area contributed by atoms with Crippen LogP contribution in [0.4, 0.5) is 5.13 Å². The van der Waals surface area contributed by atoms with E-state index in [0.29, 0.717) is 16.6 Å². The van der Waals surface area contributed by atoms with Gasteiger partial charge in [0.05, 0.1) is 11.6 Å². The largest absolute Gasteiger partial charge is 0.374 e. The SMILES string of the molecule is CN1Cc2ccccc2C[C@@H]1C(=O)NC(C)(C)c1nnc(N)s1. The molecule has 1 atom stereocenters. The highest BCUT2D eigenvalue weighted by Gasteiger charge is 2.34.